The zero-order valence-electron chi connectivity index (χ0n) is 11.7. The molecule has 2 unspecified atom stereocenters. The predicted molar refractivity (Wildman–Crippen MR) is 70.6 cm³/mol. The number of rotatable bonds is 4. The second-order valence-corrected chi connectivity index (χ2v) is 5.32. The third-order valence-corrected chi connectivity index (χ3v) is 3.91. The molecule has 0 aromatic carbocycles. The fraction of sp³-hybridized carbons (Fsp3) is 0.846. The fourth-order valence-electron chi connectivity index (χ4n) is 2.76. The van der Waals surface area contributed by atoms with E-state index in [0.717, 1.165) is 19.6 Å². The standard InChI is InChI=1S/C13H23N3O3/c1-10-8-14-3-4-16(10)13(18)11-7-12(17)15(9-11)5-6-19-2/h10-11,14H,3-9H2,1-2H3. The molecule has 0 aliphatic carbocycles. The van der Waals surface area contributed by atoms with Crippen LogP contribution in [0.1, 0.15) is 13.3 Å². The van der Waals surface area contributed by atoms with Gasteiger partial charge in [-0.25, -0.2) is 0 Å². The molecule has 2 amide bonds. The molecule has 0 spiro atoms. The highest BCUT2D eigenvalue weighted by Gasteiger charge is 2.37. The van der Waals surface area contributed by atoms with Gasteiger partial charge in [0.05, 0.1) is 12.5 Å². The quantitative estimate of drug-likeness (QED) is 0.733. The number of hydrogen-bond acceptors (Lipinski definition) is 4. The first-order valence-electron chi connectivity index (χ1n) is 6.91. The van der Waals surface area contributed by atoms with Gasteiger partial charge in [0.25, 0.3) is 0 Å². The van der Waals surface area contributed by atoms with Crippen LogP contribution in [0.15, 0.2) is 0 Å². The lowest BCUT2D eigenvalue weighted by molar-refractivity contribution is -0.138. The molecule has 6 nitrogen and oxygen atoms in total. The van der Waals surface area contributed by atoms with Gasteiger partial charge in [-0.15, -0.1) is 0 Å². The largest absolute Gasteiger partial charge is 0.383 e. The van der Waals surface area contributed by atoms with Gasteiger partial charge in [-0.2, -0.15) is 0 Å². The van der Waals surface area contributed by atoms with Crippen molar-refractivity contribution in [2.24, 2.45) is 5.92 Å². The molecule has 6 heteroatoms. The van der Waals surface area contributed by atoms with Crippen LogP contribution in [0.3, 0.4) is 0 Å². The van der Waals surface area contributed by atoms with E-state index in [1.165, 1.54) is 0 Å². The highest BCUT2D eigenvalue weighted by molar-refractivity contribution is 5.89. The Morgan fingerprint density at radius 3 is 3.00 bits per heavy atom. The van der Waals surface area contributed by atoms with Crippen LogP contribution in [0.2, 0.25) is 0 Å². The lowest BCUT2D eigenvalue weighted by atomic mass is 10.1. The van der Waals surface area contributed by atoms with E-state index in [1.54, 1.807) is 12.0 Å². The Bertz CT molecular complexity index is 348. The predicted octanol–water partition coefficient (Wildman–Crippen LogP) is -0.698. The first kappa shape index (κ1) is 14.3. The fourth-order valence-corrected chi connectivity index (χ4v) is 2.76. The molecule has 19 heavy (non-hydrogen) atoms. The molecule has 0 aromatic heterocycles. The average molecular weight is 269 g/mol. The minimum atomic E-state index is -0.176. The van der Waals surface area contributed by atoms with Crippen molar-refractivity contribution in [3.05, 3.63) is 0 Å². The molecule has 0 radical (unpaired) electrons. The minimum Gasteiger partial charge on any atom is -0.383 e. The van der Waals surface area contributed by atoms with Crippen LogP contribution < -0.4 is 5.32 Å². The van der Waals surface area contributed by atoms with Crippen LogP contribution >= 0.6 is 0 Å². The molecular weight excluding hydrogens is 246 g/mol. The number of likely N-dealkylation sites (tertiary alicyclic amines) is 1. The van der Waals surface area contributed by atoms with Gasteiger partial charge in [-0.05, 0) is 6.92 Å². The summed E-state index contributed by atoms with van der Waals surface area (Å²) in [6, 6.07) is 0.212. The van der Waals surface area contributed by atoms with Crippen molar-refractivity contribution in [2.75, 3.05) is 46.4 Å². The lowest BCUT2D eigenvalue weighted by Crippen LogP contribution is -2.54. The monoisotopic (exact) mass is 269 g/mol. The number of nitrogens with zero attached hydrogens (tertiary/aromatic N) is 2. The molecule has 0 aromatic rings. The first-order valence-corrected chi connectivity index (χ1v) is 6.91. The number of amides is 2. The smallest absolute Gasteiger partial charge is 0.228 e. The third-order valence-electron chi connectivity index (χ3n) is 3.91. The van der Waals surface area contributed by atoms with Crippen LogP contribution in [-0.2, 0) is 14.3 Å². The maximum atomic E-state index is 12.5. The number of methoxy groups -OCH3 is 1. The number of carbonyl (C=O) groups is 2. The van der Waals surface area contributed by atoms with Gasteiger partial charge in [0.1, 0.15) is 0 Å². The van der Waals surface area contributed by atoms with Crippen LogP contribution in [-0.4, -0.2) is 74.1 Å². The van der Waals surface area contributed by atoms with Crippen LogP contribution in [0.25, 0.3) is 0 Å². The number of carbonyl (C=O) groups excluding carboxylic acids is 2. The van der Waals surface area contributed by atoms with E-state index in [2.05, 4.69) is 5.32 Å². The number of piperazine rings is 1. The van der Waals surface area contributed by atoms with Crippen molar-refractivity contribution in [1.29, 1.82) is 0 Å². The Hall–Kier alpha value is -1.14. The van der Waals surface area contributed by atoms with Gasteiger partial charge in [-0.1, -0.05) is 0 Å². The Morgan fingerprint density at radius 1 is 1.53 bits per heavy atom. The second-order valence-electron chi connectivity index (χ2n) is 5.32. The van der Waals surface area contributed by atoms with Crippen LogP contribution in [0, 0.1) is 5.92 Å². The number of ether oxygens (including phenoxy) is 1. The van der Waals surface area contributed by atoms with Gasteiger partial charge < -0.3 is 19.9 Å². The SMILES string of the molecule is COCCN1CC(C(=O)N2CCNCC2C)CC1=O. The normalized spacial score (nSPS) is 28.0. The zero-order valence-corrected chi connectivity index (χ0v) is 11.7. The van der Waals surface area contributed by atoms with Crippen molar-refractivity contribution < 1.29 is 14.3 Å². The van der Waals surface area contributed by atoms with Gasteiger partial charge in [0, 0.05) is 52.3 Å². The van der Waals surface area contributed by atoms with Crippen molar-refractivity contribution >= 4 is 11.8 Å². The highest BCUT2D eigenvalue weighted by Crippen LogP contribution is 2.21. The molecule has 2 saturated heterocycles. The summed E-state index contributed by atoms with van der Waals surface area (Å²) in [7, 11) is 1.62. The maximum absolute atomic E-state index is 12.5. The third kappa shape index (κ3) is 3.25. The molecular formula is C13H23N3O3. The molecule has 2 aliphatic heterocycles. The van der Waals surface area contributed by atoms with Gasteiger partial charge in [0.2, 0.25) is 11.8 Å². The van der Waals surface area contributed by atoms with Gasteiger partial charge in [0.15, 0.2) is 0 Å². The summed E-state index contributed by atoms with van der Waals surface area (Å²) in [6.45, 7) is 6.10. The second kappa shape index (κ2) is 6.34. The first-order chi connectivity index (χ1) is 9.13. The van der Waals surface area contributed by atoms with E-state index in [0.29, 0.717) is 26.1 Å². The molecule has 1 N–H and O–H groups in total. The van der Waals surface area contributed by atoms with E-state index >= 15 is 0 Å². The van der Waals surface area contributed by atoms with Crippen LogP contribution in [0.4, 0.5) is 0 Å². The lowest BCUT2D eigenvalue weighted by Gasteiger charge is -2.35. The summed E-state index contributed by atoms with van der Waals surface area (Å²) in [5, 5.41) is 3.27. The Labute approximate surface area is 114 Å². The zero-order chi connectivity index (χ0) is 13.8. The van der Waals surface area contributed by atoms with E-state index in [1.807, 2.05) is 11.8 Å². The van der Waals surface area contributed by atoms with E-state index in [4.69, 9.17) is 4.74 Å². The number of hydrogen-bond donors (Lipinski definition) is 1. The summed E-state index contributed by atoms with van der Waals surface area (Å²) in [6.07, 6.45) is 0.346. The van der Waals surface area contributed by atoms with Crippen LogP contribution in [0.5, 0.6) is 0 Å². The van der Waals surface area contributed by atoms with E-state index in [-0.39, 0.29) is 23.8 Å². The molecule has 2 fully saturated rings. The molecule has 2 rings (SSSR count). The minimum absolute atomic E-state index is 0.0678. The molecule has 2 heterocycles. The van der Waals surface area contributed by atoms with Crippen molar-refractivity contribution in [1.82, 2.24) is 15.1 Å². The topological polar surface area (TPSA) is 61.9 Å². The Kier molecular flexibility index (Phi) is 4.76. The molecule has 0 saturated carbocycles. The van der Waals surface area contributed by atoms with E-state index < -0.39 is 0 Å². The van der Waals surface area contributed by atoms with Gasteiger partial charge in [-0.3, -0.25) is 9.59 Å². The molecule has 2 atom stereocenters. The van der Waals surface area contributed by atoms with Crippen molar-refractivity contribution in [3.63, 3.8) is 0 Å². The number of nitrogens with one attached hydrogen (secondary N) is 1. The Balaban J connectivity index is 1.91. The van der Waals surface area contributed by atoms with Crippen molar-refractivity contribution in [2.45, 2.75) is 19.4 Å². The molecule has 108 valence electrons. The molecule has 0 bridgehead atoms. The summed E-state index contributed by atoms with van der Waals surface area (Å²) in [4.78, 5) is 28.0. The summed E-state index contributed by atoms with van der Waals surface area (Å²) in [5.74, 6) is 0.0189. The summed E-state index contributed by atoms with van der Waals surface area (Å²) in [5.41, 5.74) is 0. The highest BCUT2D eigenvalue weighted by atomic mass is 16.5. The van der Waals surface area contributed by atoms with E-state index in [9.17, 15) is 9.59 Å². The maximum Gasteiger partial charge on any atom is 0.228 e. The summed E-state index contributed by atoms with van der Waals surface area (Å²) >= 11 is 0. The molecule has 2 aliphatic rings. The Morgan fingerprint density at radius 2 is 2.32 bits per heavy atom. The van der Waals surface area contributed by atoms with Crippen molar-refractivity contribution in [3.8, 4) is 0 Å². The summed E-state index contributed by atoms with van der Waals surface area (Å²) < 4.78 is 4.98. The average Bonchev–Trinajstić information content (AvgIpc) is 2.77. The van der Waals surface area contributed by atoms with Gasteiger partial charge >= 0.3 is 0 Å².